The molecule has 16 heteroatoms. The van der Waals surface area contributed by atoms with Crippen LogP contribution in [0, 0.1) is 0 Å². The highest BCUT2D eigenvalue weighted by molar-refractivity contribution is 9.10. The largest absolute Gasteiger partial charge is 0.573 e. The summed E-state index contributed by atoms with van der Waals surface area (Å²) in [6.07, 6.45) is -5.12. The summed E-state index contributed by atoms with van der Waals surface area (Å²) in [5.41, 5.74) is 5.23. The number of hydrogen-bond donors (Lipinski definition) is 4. The minimum atomic E-state index is -5.12. The summed E-state index contributed by atoms with van der Waals surface area (Å²) in [6, 6.07) is 8.67. The number of halogens is 4. The Kier molecular flexibility index (Phi) is 7.28. The van der Waals surface area contributed by atoms with Crippen molar-refractivity contribution in [3.8, 4) is 5.75 Å². The van der Waals surface area contributed by atoms with E-state index in [9.17, 15) is 34.8 Å². The quantitative estimate of drug-likeness (QED) is 0.282. The standard InChI is InChI=1S/C18H16BrF3N4O6S2/c19-10-5-6-12-11(9-10)16(15(26-12)17(23)27)34(30,31)25-8-7-24-33(28,29)14-4-2-1-3-13(14)32-18(20,21)22/h1-6,9,24-26H,7-8H2,(H2,23,27). The normalized spacial score (nSPS) is 12.7. The number of amides is 1. The number of carbonyl (C=O) groups is 1. The highest BCUT2D eigenvalue weighted by Crippen LogP contribution is 2.30. The Labute approximate surface area is 199 Å². The number of aromatic nitrogens is 1. The molecule has 1 amide bonds. The molecule has 0 bridgehead atoms. The lowest BCUT2D eigenvalue weighted by molar-refractivity contribution is -0.275. The lowest BCUT2D eigenvalue weighted by Gasteiger charge is -2.14. The van der Waals surface area contributed by atoms with Crippen LogP contribution in [0.3, 0.4) is 0 Å². The molecule has 3 rings (SSSR count). The van der Waals surface area contributed by atoms with E-state index >= 15 is 0 Å². The van der Waals surface area contributed by atoms with Gasteiger partial charge in [0.25, 0.3) is 5.91 Å². The summed E-state index contributed by atoms with van der Waals surface area (Å²) in [7, 11) is -8.85. The molecule has 34 heavy (non-hydrogen) atoms. The maximum atomic E-state index is 12.9. The number of aromatic amines is 1. The highest BCUT2D eigenvalue weighted by atomic mass is 79.9. The average Bonchev–Trinajstić information content (AvgIpc) is 3.10. The van der Waals surface area contributed by atoms with E-state index in [2.05, 4.69) is 30.4 Å². The second-order valence-electron chi connectivity index (χ2n) is 6.67. The van der Waals surface area contributed by atoms with Crippen molar-refractivity contribution in [2.24, 2.45) is 5.73 Å². The monoisotopic (exact) mass is 584 g/mol. The van der Waals surface area contributed by atoms with Crippen molar-refractivity contribution in [1.29, 1.82) is 0 Å². The molecule has 184 valence electrons. The molecule has 0 aliphatic rings. The van der Waals surface area contributed by atoms with E-state index in [4.69, 9.17) is 5.73 Å². The van der Waals surface area contributed by atoms with E-state index in [0.29, 0.717) is 9.99 Å². The Balaban J connectivity index is 1.78. The van der Waals surface area contributed by atoms with Crippen LogP contribution in [0.2, 0.25) is 0 Å². The third-order valence-electron chi connectivity index (χ3n) is 4.30. The van der Waals surface area contributed by atoms with Crippen molar-refractivity contribution in [3.05, 3.63) is 52.6 Å². The molecule has 2 aromatic carbocycles. The number of benzene rings is 2. The molecule has 0 aliphatic carbocycles. The van der Waals surface area contributed by atoms with E-state index in [1.165, 1.54) is 18.2 Å². The number of fused-ring (bicyclic) bond motifs is 1. The Morgan fingerprint density at radius 3 is 2.26 bits per heavy atom. The van der Waals surface area contributed by atoms with Crippen LogP contribution in [-0.2, 0) is 20.0 Å². The molecule has 0 saturated heterocycles. The fourth-order valence-corrected chi connectivity index (χ4v) is 5.91. The molecule has 0 unspecified atom stereocenters. The first-order valence-corrected chi connectivity index (χ1v) is 12.9. The van der Waals surface area contributed by atoms with Crippen molar-refractivity contribution in [2.75, 3.05) is 13.1 Å². The zero-order valence-corrected chi connectivity index (χ0v) is 20.0. The number of primary amides is 1. The number of nitrogens with one attached hydrogen (secondary N) is 3. The molecular weight excluding hydrogens is 569 g/mol. The molecule has 0 radical (unpaired) electrons. The van der Waals surface area contributed by atoms with Crippen LogP contribution >= 0.6 is 15.9 Å². The lowest BCUT2D eigenvalue weighted by Crippen LogP contribution is -2.35. The van der Waals surface area contributed by atoms with Crippen LogP contribution in [0.5, 0.6) is 5.75 Å². The third-order valence-corrected chi connectivity index (χ3v) is 7.84. The molecule has 0 aliphatic heterocycles. The van der Waals surface area contributed by atoms with Crippen molar-refractivity contribution >= 4 is 52.8 Å². The summed E-state index contributed by atoms with van der Waals surface area (Å²) in [5, 5.41) is 0.162. The molecule has 0 atom stereocenters. The van der Waals surface area contributed by atoms with E-state index in [-0.39, 0.29) is 11.1 Å². The maximum Gasteiger partial charge on any atom is 0.573 e. The van der Waals surface area contributed by atoms with Crippen molar-refractivity contribution in [1.82, 2.24) is 14.4 Å². The molecule has 10 nitrogen and oxygen atoms in total. The number of nitrogens with two attached hydrogens (primary N) is 1. The van der Waals surface area contributed by atoms with E-state index in [0.717, 1.165) is 18.2 Å². The fraction of sp³-hybridized carbons (Fsp3) is 0.167. The number of ether oxygens (including phenoxy) is 1. The Hall–Kier alpha value is -2.66. The van der Waals surface area contributed by atoms with E-state index < -0.39 is 60.9 Å². The fourth-order valence-electron chi connectivity index (χ4n) is 2.99. The topological polar surface area (TPSA) is 160 Å². The summed E-state index contributed by atoms with van der Waals surface area (Å²) < 4.78 is 96.7. The first-order chi connectivity index (χ1) is 15.7. The molecule has 0 fully saturated rings. The van der Waals surface area contributed by atoms with Gasteiger partial charge in [0.1, 0.15) is 21.2 Å². The zero-order valence-electron chi connectivity index (χ0n) is 16.8. The Bertz CT molecular complexity index is 1460. The van der Waals surface area contributed by atoms with E-state index in [1.807, 2.05) is 4.72 Å². The van der Waals surface area contributed by atoms with Gasteiger partial charge in [0.2, 0.25) is 20.0 Å². The zero-order chi connectivity index (χ0) is 25.3. The van der Waals surface area contributed by atoms with Crippen LogP contribution in [-0.4, -0.2) is 47.2 Å². The van der Waals surface area contributed by atoms with Gasteiger partial charge in [-0.2, -0.15) is 0 Å². The maximum absolute atomic E-state index is 12.9. The van der Waals surface area contributed by atoms with Gasteiger partial charge < -0.3 is 15.5 Å². The second kappa shape index (κ2) is 9.53. The van der Waals surface area contributed by atoms with Gasteiger partial charge in [-0.15, -0.1) is 13.2 Å². The van der Waals surface area contributed by atoms with Crippen LogP contribution in [0.25, 0.3) is 10.9 Å². The third kappa shape index (κ3) is 5.87. The van der Waals surface area contributed by atoms with Crippen LogP contribution in [0.15, 0.2) is 56.7 Å². The highest BCUT2D eigenvalue weighted by Gasteiger charge is 2.34. The number of H-pyrrole nitrogens is 1. The van der Waals surface area contributed by atoms with Gasteiger partial charge in [-0.05, 0) is 30.3 Å². The van der Waals surface area contributed by atoms with Gasteiger partial charge >= 0.3 is 6.36 Å². The molecule has 5 N–H and O–H groups in total. The first-order valence-electron chi connectivity index (χ1n) is 9.16. The van der Waals surface area contributed by atoms with Crippen molar-refractivity contribution in [2.45, 2.75) is 16.2 Å². The summed E-state index contributed by atoms with van der Waals surface area (Å²) in [4.78, 5) is 13.2. The van der Waals surface area contributed by atoms with Gasteiger partial charge in [-0.3, -0.25) is 4.79 Å². The van der Waals surface area contributed by atoms with Gasteiger partial charge in [0, 0.05) is 28.5 Å². The van der Waals surface area contributed by atoms with Crippen molar-refractivity contribution < 1.29 is 39.5 Å². The number of hydrogen-bond acceptors (Lipinski definition) is 6. The molecule has 0 saturated carbocycles. The van der Waals surface area contributed by atoms with Crippen LogP contribution in [0.1, 0.15) is 10.5 Å². The van der Waals surface area contributed by atoms with Crippen molar-refractivity contribution in [3.63, 3.8) is 0 Å². The summed E-state index contributed by atoms with van der Waals surface area (Å²) in [5.74, 6) is -1.98. The minimum absolute atomic E-state index is 0.162. The lowest BCUT2D eigenvalue weighted by atomic mass is 10.2. The van der Waals surface area contributed by atoms with Gasteiger partial charge in [0.05, 0.1) is 0 Å². The van der Waals surface area contributed by atoms with Gasteiger partial charge in [0.15, 0.2) is 0 Å². The number of rotatable bonds is 9. The minimum Gasteiger partial charge on any atom is -0.404 e. The van der Waals surface area contributed by atoms with Crippen LogP contribution in [0.4, 0.5) is 13.2 Å². The van der Waals surface area contributed by atoms with Gasteiger partial charge in [-0.1, -0.05) is 28.1 Å². The predicted molar refractivity (Wildman–Crippen MR) is 118 cm³/mol. The van der Waals surface area contributed by atoms with Gasteiger partial charge in [-0.25, -0.2) is 26.3 Å². The van der Waals surface area contributed by atoms with Crippen LogP contribution < -0.4 is 19.9 Å². The summed E-state index contributed by atoms with van der Waals surface area (Å²) in [6.45, 7) is -1.03. The predicted octanol–water partition coefficient (Wildman–Crippen LogP) is 2.18. The van der Waals surface area contributed by atoms with E-state index in [1.54, 1.807) is 6.07 Å². The number of alkyl halides is 3. The summed E-state index contributed by atoms with van der Waals surface area (Å²) >= 11 is 3.21. The Morgan fingerprint density at radius 2 is 1.65 bits per heavy atom. The molecule has 1 aromatic heterocycles. The first kappa shape index (κ1) is 26.0. The molecule has 0 spiro atoms. The SMILES string of the molecule is NC(=O)c1[nH]c2ccc(Br)cc2c1S(=O)(=O)NCCNS(=O)(=O)c1ccccc1OC(F)(F)F. The Morgan fingerprint density at radius 1 is 1.03 bits per heavy atom. The smallest absolute Gasteiger partial charge is 0.404 e. The number of sulfonamides is 2. The average molecular weight is 585 g/mol. The molecule has 1 heterocycles. The molecule has 3 aromatic rings. The molecular formula is C18H16BrF3N4O6S2. The number of carbonyl (C=O) groups excluding carboxylic acids is 1. The second-order valence-corrected chi connectivity index (χ2v) is 11.0. The number of para-hydroxylation sites is 1.